The summed E-state index contributed by atoms with van der Waals surface area (Å²) in [5.41, 5.74) is 6.95. The Kier molecular flexibility index (Phi) is 7.23. The van der Waals surface area contributed by atoms with E-state index in [1.54, 1.807) is 18.8 Å². The third kappa shape index (κ3) is 5.16. The van der Waals surface area contributed by atoms with E-state index in [9.17, 15) is 14.3 Å². The van der Waals surface area contributed by atoms with Crippen molar-refractivity contribution in [1.82, 2.24) is 9.78 Å². The van der Waals surface area contributed by atoms with Crippen molar-refractivity contribution >= 4 is 40.8 Å². The van der Waals surface area contributed by atoms with Gasteiger partial charge in [0.25, 0.3) is 5.91 Å². The highest BCUT2D eigenvalue weighted by atomic mass is 35.5. The fraction of sp³-hybridized carbons (Fsp3) is 0.565. The first-order chi connectivity index (χ1) is 15.7. The van der Waals surface area contributed by atoms with Crippen molar-refractivity contribution in [1.29, 1.82) is 0 Å². The van der Waals surface area contributed by atoms with Gasteiger partial charge in [0.15, 0.2) is 0 Å². The summed E-state index contributed by atoms with van der Waals surface area (Å²) in [6, 6.07) is 4.01. The molecule has 33 heavy (non-hydrogen) atoms. The zero-order chi connectivity index (χ0) is 23.8. The predicted molar refractivity (Wildman–Crippen MR) is 129 cm³/mol. The first-order valence-electron chi connectivity index (χ1n) is 11.2. The number of fused-ring (bicyclic) bond motifs is 1. The number of nitrogen functional groups attached to an aromatic ring is 1. The Balaban J connectivity index is 1.45. The number of nitrogens with two attached hydrogens (primary N) is 1. The lowest BCUT2D eigenvalue weighted by molar-refractivity contribution is 0.0629. The molecule has 2 saturated carbocycles. The molecule has 0 aliphatic heterocycles. The molecule has 2 aliphatic carbocycles. The van der Waals surface area contributed by atoms with E-state index in [-0.39, 0.29) is 23.4 Å². The molecular weight excluding hydrogens is 467 g/mol. The topological polar surface area (TPSA) is 113 Å². The highest BCUT2D eigenvalue weighted by Gasteiger charge is 2.49. The molecule has 2 unspecified atom stereocenters. The Hall–Kier alpha value is -1.81. The van der Waals surface area contributed by atoms with Crippen LogP contribution in [-0.2, 0) is 7.05 Å². The van der Waals surface area contributed by atoms with Crippen molar-refractivity contribution in [2.45, 2.75) is 43.6 Å². The Morgan fingerprint density at radius 3 is 2.73 bits per heavy atom. The molecule has 1 heterocycles. The van der Waals surface area contributed by atoms with Gasteiger partial charge in [-0.25, -0.2) is 4.39 Å². The number of amides is 1. The van der Waals surface area contributed by atoms with Gasteiger partial charge in [-0.1, -0.05) is 11.6 Å². The molecule has 7 nitrogen and oxygen atoms in total. The van der Waals surface area contributed by atoms with Crippen LogP contribution in [0.1, 0.15) is 54.1 Å². The van der Waals surface area contributed by atoms with Gasteiger partial charge in [0.05, 0.1) is 16.3 Å². The fourth-order valence-corrected chi connectivity index (χ4v) is 6.66. The molecule has 0 spiro atoms. The predicted octanol–water partition coefficient (Wildman–Crippen LogP) is 3.80. The van der Waals surface area contributed by atoms with Crippen LogP contribution in [-0.4, -0.2) is 49.6 Å². The average Bonchev–Trinajstić information content (AvgIpc) is 3.37. The van der Waals surface area contributed by atoms with Crippen molar-refractivity contribution < 1.29 is 19.4 Å². The average molecular weight is 497 g/mol. The molecule has 2 atom stereocenters. The number of thioether (sulfide) groups is 1. The number of aromatic nitrogens is 2. The number of carbonyl (C=O) groups is 1. The number of hydrogen-bond acceptors (Lipinski definition) is 6. The highest BCUT2D eigenvalue weighted by molar-refractivity contribution is 7.99. The molecule has 2 aromatic rings. The summed E-state index contributed by atoms with van der Waals surface area (Å²) in [5, 5.41) is 27.2. The number of anilines is 2. The number of carbonyl (C=O) groups excluding carboxylic acids is 1. The molecule has 5 N–H and O–H groups in total. The molecule has 1 amide bonds. The second-order valence-corrected chi connectivity index (χ2v) is 10.8. The van der Waals surface area contributed by atoms with Gasteiger partial charge >= 0.3 is 0 Å². The van der Waals surface area contributed by atoms with E-state index >= 15 is 0 Å². The number of nitrogens with zero attached hydrogens (tertiary/aromatic N) is 2. The Bertz CT molecular complexity index is 1020. The summed E-state index contributed by atoms with van der Waals surface area (Å²) in [6.07, 6.45) is 3.95. The van der Waals surface area contributed by atoms with Gasteiger partial charge in [-0.15, -0.1) is 0 Å². The number of aliphatic hydroxyl groups excluding tert-OH is 1. The highest BCUT2D eigenvalue weighted by Crippen LogP contribution is 2.54. The first kappa shape index (κ1) is 24.3. The third-order valence-corrected chi connectivity index (χ3v) is 8.46. The second kappa shape index (κ2) is 9.82. The van der Waals surface area contributed by atoms with E-state index in [4.69, 9.17) is 22.4 Å². The van der Waals surface area contributed by atoms with Crippen LogP contribution in [0, 0.1) is 17.7 Å². The van der Waals surface area contributed by atoms with Crippen LogP contribution in [0.3, 0.4) is 0 Å². The summed E-state index contributed by atoms with van der Waals surface area (Å²) in [4.78, 5) is 13.1. The minimum Gasteiger partial charge on any atom is -0.396 e. The fourth-order valence-electron chi connectivity index (χ4n) is 5.39. The molecule has 1 aromatic carbocycles. The molecule has 4 rings (SSSR count). The van der Waals surface area contributed by atoms with Crippen LogP contribution >= 0.6 is 23.4 Å². The molecule has 2 aliphatic rings. The lowest BCUT2D eigenvalue weighted by atomic mass is 9.92. The van der Waals surface area contributed by atoms with E-state index in [2.05, 4.69) is 10.4 Å². The smallest absolute Gasteiger partial charge is 0.261 e. The zero-order valence-corrected chi connectivity index (χ0v) is 20.1. The van der Waals surface area contributed by atoms with Gasteiger partial charge in [0, 0.05) is 31.0 Å². The van der Waals surface area contributed by atoms with Crippen LogP contribution < -0.4 is 11.1 Å². The van der Waals surface area contributed by atoms with Gasteiger partial charge < -0.3 is 21.3 Å². The van der Waals surface area contributed by atoms with Gasteiger partial charge in [0.2, 0.25) is 0 Å². The quantitative estimate of drug-likeness (QED) is 0.413. The van der Waals surface area contributed by atoms with Crippen molar-refractivity contribution in [3.8, 4) is 0 Å². The lowest BCUT2D eigenvalue weighted by Gasteiger charge is -2.24. The summed E-state index contributed by atoms with van der Waals surface area (Å²) in [7, 11) is 1.71. The summed E-state index contributed by atoms with van der Waals surface area (Å²) < 4.78 is 15.0. The van der Waals surface area contributed by atoms with Crippen LogP contribution in [0.2, 0.25) is 5.02 Å². The number of nitrogens with one attached hydrogen (secondary N) is 1. The SMILES string of the molecule is Cn1nc(C2CC3CC(O)(CSCCCO)CC3C2)c(C(=O)Nc2ccc(F)c(Cl)c2)c1N. The van der Waals surface area contributed by atoms with Crippen molar-refractivity contribution in [2.24, 2.45) is 18.9 Å². The van der Waals surface area contributed by atoms with E-state index in [1.165, 1.54) is 22.9 Å². The standard InChI is InChI=1S/C23H30ClFN4O3S/c1-29-21(26)19(22(31)27-16-3-4-18(25)17(24)9-16)20(28-29)13-7-14-10-23(32,11-15(14)8-13)12-33-6-2-5-30/h3-4,9,13-15,30,32H,2,5-8,10-12,26H2,1H3,(H,27,31). The van der Waals surface area contributed by atoms with Gasteiger partial charge in [0.1, 0.15) is 17.2 Å². The molecule has 2 fully saturated rings. The van der Waals surface area contributed by atoms with E-state index in [0.29, 0.717) is 34.5 Å². The van der Waals surface area contributed by atoms with Gasteiger partial charge in [-0.2, -0.15) is 16.9 Å². The van der Waals surface area contributed by atoms with Crippen molar-refractivity contribution in [3.05, 3.63) is 40.3 Å². The Morgan fingerprint density at radius 1 is 1.39 bits per heavy atom. The van der Waals surface area contributed by atoms with E-state index in [1.807, 2.05) is 0 Å². The van der Waals surface area contributed by atoms with Crippen LogP contribution in [0.4, 0.5) is 15.9 Å². The number of aliphatic hydroxyl groups is 2. The molecule has 0 saturated heterocycles. The minimum atomic E-state index is -0.661. The maximum Gasteiger partial charge on any atom is 0.261 e. The Morgan fingerprint density at radius 2 is 2.09 bits per heavy atom. The molecule has 10 heteroatoms. The number of halogens is 2. The van der Waals surface area contributed by atoms with Crippen LogP contribution in [0.5, 0.6) is 0 Å². The third-order valence-electron chi connectivity index (χ3n) is 6.85. The second-order valence-electron chi connectivity index (χ2n) is 9.30. The molecular formula is C23H30ClFN4O3S. The normalized spacial score (nSPS) is 26.5. The number of aryl methyl sites for hydroxylation is 1. The van der Waals surface area contributed by atoms with Crippen LogP contribution in [0.15, 0.2) is 18.2 Å². The van der Waals surface area contributed by atoms with E-state index < -0.39 is 17.3 Å². The van der Waals surface area contributed by atoms with Gasteiger partial charge in [-0.05, 0) is 67.9 Å². The summed E-state index contributed by atoms with van der Waals surface area (Å²) >= 11 is 7.53. The summed E-state index contributed by atoms with van der Waals surface area (Å²) in [5.74, 6) is 1.73. The van der Waals surface area contributed by atoms with Crippen molar-refractivity contribution in [3.63, 3.8) is 0 Å². The first-order valence-corrected chi connectivity index (χ1v) is 12.7. The molecule has 180 valence electrons. The van der Waals surface area contributed by atoms with Crippen LogP contribution in [0.25, 0.3) is 0 Å². The molecule has 0 radical (unpaired) electrons. The number of benzene rings is 1. The molecule has 1 aromatic heterocycles. The number of hydrogen-bond donors (Lipinski definition) is 4. The molecule has 0 bridgehead atoms. The van der Waals surface area contributed by atoms with Crippen molar-refractivity contribution in [2.75, 3.05) is 29.2 Å². The Labute approximate surface area is 201 Å². The van der Waals surface area contributed by atoms with Gasteiger partial charge in [-0.3, -0.25) is 9.48 Å². The minimum absolute atomic E-state index is 0.0715. The zero-order valence-electron chi connectivity index (χ0n) is 18.6. The lowest BCUT2D eigenvalue weighted by Crippen LogP contribution is -2.29. The largest absolute Gasteiger partial charge is 0.396 e. The maximum atomic E-state index is 13.5. The summed E-state index contributed by atoms with van der Waals surface area (Å²) in [6.45, 7) is 0.176. The van der Waals surface area contributed by atoms with E-state index in [0.717, 1.165) is 37.9 Å². The number of rotatable bonds is 8. The maximum absolute atomic E-state index is 13.5. The monoisotopic (exact) mass is 496 g/mol.